The van der Waals surface area contributed by atoms with Crippen molar-refractivity contribution in [1.82, 2.24) is 19.7 Å². The lowest BCUT2D eigenvalue weighted by molar-refractivity contribution is 0.305. The fourth-order valence-corrected chi connectivity index (χ4v) is 1.61. The van der Waals surface area contributed by atoms with E-state index in [1.807, 2.05) is 19.3 Å². The minimum Gasteiger partial charge on any atom is -0.478 e. The molecule has 2 heterocycles. The molecule has 2 aromatic rings. The van der Waals surface area contributed by atoms with E-state index in [1.165, 1.54) is 0 Å². The summed E-state index contributed by atoms with van der Waals surface area (Å²) in [5.41, 5.74) is 1.05. The standard InChI is InChI=1S/C13H19N5O/c1-3-10-19-12-5-8-15-13(16-12)14-7-4-11-6-9-18(2)17-11/h5-6,8-9H,3-4,7,10H2,1-2H3,(H,14,15,16). The molecule has 0 aliphatic heterocycles. The van der Waals surface area contributed by atoms with Gasteiger partial charge in [0.05, 0.1) is 12.3 Å². The van der Waals surface area contributed by atoms with Crippen molar-refractivity contribution < 1.29 is 4.74 Å². The average molecular weight is 261 g/mol. The second-order valence-corrected chi connectivity index (χ2v) is 4.22. The number of aryl methyl sites for hydroxylation is 1. The van der Waals surface area contributed by atoms with Gasteiger partial charge in [0.15, 0.2) is 0 Å². The van der Waals surface area contributed by atoms with Crippen LogP contribution in [0.5, 0.6) is 5.88 Å². The van der Waals surface area contributed by atoms with E-state index >= 15 is 0 Å². The molecule has 2 rings (SSSR count). The molecule has 0 radical (unpaired) electrons. The monoisotopic (exact) mass is 261 g/mol. The SMILES string of the molecule is CCCOc1ccnc(NCCc2ccn(C)n2)n1. The van der Waals surface area contributed by atoms with Crippen molar-refractivity contribution in [2.75, 3.05) is 18.5 Å². The van der Waals surface area contributed by atoms with E-state index in [0.717, 1.165) is 25.1 Å². The van der Waals surface area contributed by atoms with Crippen LogP contribution in [0.2, 0.25) is 0 Å². The number of hydrogen-bond acceptors (Lipinski definition) is 5. The van der Waals surface area contributed by atoms with Crippen molar-refractivity contribution in [2.45, 2.75) is 19.8 Å². The second kappa shape index (κ2) is 6.72. The molecule has 0 atom stereocenters. The van der Waals surface area contributed by atoms with Gasteiger partial charge in [-0.1, -0.05) is 6.92 Å². The summed E-state index contributed by atoms with van der Waals surface area (Å²) >= 11 is 0. The van der Waals surface area contributed by atoms with Crippen LogP contribution < -0.4 is 10.1 Å². The van der Waals surface area contributed by atoms with Crippen LogP contribution in [0.3, 0.4) is 0 Å². The number of aromatic nitrogens is 4. The lowest BCUT2D eigenvalue weighted by atomic mass is 10.3. The molecule has 19 heavy (non-hydrogen) atoms. The fraction of sp³-hybridized carbons (Fsp3) is 0.462. The van der Waals surface area contributed by atoms with Crippen molar-refractivity contribution in [2.24, 2.45) is 7.05 Å². The van der Waals surface area contributed by atoms with Crippen LogP contribution in [0.15, 0.2) is 24.5 Å². The van der Waals surface area contributed by atoms with E-state index in [2.05, 4.69) is 27.3 Å². The molecule has 0 saturated carbocycles. The molecular formula is C13H19N5O. The van der Waals surface area contributed by atoms with E-state index in [0.29, 0.717) is 18.4 Å². The van der Waals surface area contributed by atoms with E-state index in [-0.39, 0.29) is 0 Å². The Bertz CT molecular complexity index is 511. The highest BCUT2D eigenvalue weighted by Crippen LogP contribution is 2.08. The maximum atomic E-state index is 5.46. The maximum absolute atomic E-state index is 5.46. The highest BCUT2D eigenvalue weighted by atomic mass is 16.5. The van der Waals surface area contributed by atoms with Crippen molar-refractivity contribution in [3.8, 4) is 5.88 Å². The molecule has 0 amide bonds. The summed E-state index contributed by atoms with van der Waals surface area (Å²) in [6.07, 6.45) is 5.43. The van der Waals surface area contributed by atoms with Gasteiger partial charge in [-0.3, -0.25) is 4.68 Å². The number of nitrogens with one attached hydrogen (secondary N) is 1. The zero-order valence-corrected chi connectivity index (χ0v) is 11.3. The highest BCUT2D eigenvalue weighted by molar-refractivity contribution is 5.27. The fourth-order valence-electron chi connectivity index (χ4n) is 1.61. The predicted octanol–water partition coefficient (Wildman–Crippen LogP) is 1.65. The molecule has 0 aliphatic rings. The van der Waals surface area contributed by atoms with Crippen LogP contribution in [0.25, 0.3) is 0 Å². The van der Waals surface area contributed by atoms with Crippen molar-refractivity contribution in [3.63, 3.8) is 0 Å². The number of nitrogens with zero attached hydrogens (tertiary/aromatic N) is 4. The zero-order chi connectivity index (χ0) is 13.5. The smallest absolute Gasteiger partial charge is 0.225 e. The Kier molecular flexibility index (Phi) is 4.72. The quantitative estimate of drug-likeness (QED) is 0.821. The predicted molar refractivity (Wildman–Crippen MR) is 73.2 cm³/mol. The number of hydrogen-bond donors (Lipinski definition) is 1. The lowest BCUT2D eigenvalue weighted by Crippen LogP contribution is -2.09. The zero-order valence-electron chi connectivity index (χ0n) is 11.3. The largest absolute Gasteiger partial charge is 0.478 e. The molecule has 2 aromatic heterocycles. The average Bonchev–Trinajstić information content (AvgIpc) is 2.83. The molecule has 0 aliphatic carbocycles. The summed E-state index contributed by atoms with van der Waals surface area (Å²) in [7, 11) is 1.91. The molecule has 0 aromatic carbocycles. The maximum Gasteiger partial charge on any atom is 0.225 e. The Morgan fingerprint density at radius 1 is 1.37 bits per heavy atom. The van der Waals surface area contributed by atoms with Gasteiger partial charge in [-0.2, -0.15) is 10.1 Å². The van der Waals surface area contributed by atoms with Crippen molar-refractivity contribution >= 4 is 5.95 Å². The summed E-state index contributed by atoms with van der Waals surface area (Å²) in [6, 6.07) is 3.77. The van der Waals surface area contributed by atoms with Crippen LogP contribution in [0.4, 0.5) is 5.95 Å². The minimum absolute atomic E-state index is 0.588. The Morgan fingerprint density at radius 2 is 2.26 bits per heavy atom. The van der Waals surface area contributed by atoms with Gasteiger partial charge in [0.1, 0.15) is 0 Å². The van der Waals surface area contributed by atoms with Gasteiger partial charge >= 0.3 is 0 Å². The first-order valence-electron chi connectivity index (χ1n) is 6.46. The Morgan fingerprint density at radius 3 is 3.00 bits per heavy atom. The van der Waals surface area contributed by atoms with Gasteiger partial charge in [-0.15, -0.1) is 0 Å². The first kappa shape index (κ1) is 13.3. The van der Waals surface area contributed by atoms with Crippen molar-refractivity contribution in [1.29, 1.82) is 0 Å². The molecule has 6 nitrogen and oxygen atoms in total. The van der Waals surface area contributed by atoms with Gasteiger partial charge in [0.25, 0.3) is 0 Å². The van der Waals surface area contributed by atoms with Crippen LogP contribution in [-0.4, -0.2) is 32.9 Å². The van der Waals surface area contributed by atoms with Gasteiger partial charge in [0.2, 0.25) is 11.8 Å². The summed E-state index contributed by atoms with van der Waals surface area (Å²) in [5, 5.41) is 7.48. The lowest BCUT2D eigenvalue weighted by Gasteiger charge is -2.06. The topological polar surface area (TPSA) is 64.9 Å². The third kappa shape index (κ3) is 4.24. The molecule has 0 spiro atoms. The number of ether oxygens (including phenoxy) is 1. The van der Waals surface area contributed by atoms with Crippen LogP contribution in [0.1, 0.15) is 19.0 Å². The molecule has 0 saturated heterocycles. The molecule has 0 unspecified atom stereocenters. The van der Waals surface area contributed by atoms with Crippen LogP contribution in [0, 0.1) is 0 Å². The van der Waals surface area contributed by atoms with Crippen LogP contribution in [-0.2, 0) is 13.5 Å². The van der Waals surface area contributed by atoms with Gasteiger partial charge in [-0.05, 0) is 12.5 Å². The molecule has 6 heteroatoms. The molecule has 102 valence electrons. The highest BCUT2D eigenvalue weighted by Gasteiger charge is 2.01. The summed E-state index contributed by atoms with van der Waals surface area (Å²) in [6.45, 7) is 3.48. The third-order valence-electron chi connectivity index (χ3n) is 2.52. The second-order valence-electron chi connectivity index (χ2n) is 4.22. The first-order chi connectivity index (χ1) is 9.28. The Labute approximate surface area is 112 Å². The van der Waals surface area contributed by atoms with Gasteiger partial charge < -0.3 is 10.1 Å². The Balaban J connectivity index is 1.82. The van der Waals surface area contributed by atoms with Crippen molar-refractivity contribution in [3.05, 3.63) is 30.2 Å². The summed E-state index contributed by atoms with van der Waals surface area (Å²) < 4.78 is 7.25. The first-order valence-corrected chi connectivity index (χ1v) is 6.46. The van der Waals surface area contributed by atoms with E-state index in [4.69, 9.17) is 4.74 Å². The molecule has 0 fully saturated rings. The Hall–Kier alpha value is -2.11. The van der Waals surface area contributed by atoms with E-state index in [9.17, 15) is 0 Å². The minimum atomic E-state index is 0.588. The van der Waals surface area contributed by atoms with E-state index in [1.54, 1.807) is 16.9 Å². The number of rotatable bonds is 7. The molecule has 0 bridgehead atoms. The van der Waals surface area contributed by atoms with Gasteiger partial charge in [0, 0.05) is 38.5 Å². The van der Waals surface area contributed by atoms with E-state index < -0.39 is 0 Å². The molecule has 1 N–H and O–H groups in total. The molecular weight excluding hydrogens is 242 g/mol. The summed E-state index contributed by atoms with van der Waals surface area (Å²) in [5.74, 6) is 1.20. The van der Waals surface area contributed by atoms with Crippen LogP contribution >= 0.6 is 0 Å². The third-order valence-corrected chi connectivity index (χ3v) is 2.52. The number of anilines is 1. The normalized spacial score (nSPS) is 10.4. The van der Waals surface area contributed by atoms with Gasteiger partial charge in [-0.25, -0.2) is 4.98 Å². The summed E-state index contributed by atoms with van der Waals surface area (Å²) in [4.78, 5) is 8.43.